The van der Waals surface area contributed by atoms with Crippen LogP contribution < -0.4 is 0 Å². The van der Waals surface area contributed by atoms with Crippen molar-refractivity contribution in [3.8, 4) is 0 Å². The minimum absolute atomic E-state index is 0.154. The van der Waals surface area contributed by atoms with Crippen molar-refractivity contribution in [2.24, 2.45) is 0 Å². The number of nitrogens with zero attached hydrogens (tertiary/aromatic N) is 1. The molecule has 0 aromatic rings. The van der Waals surface area contributed by atoms with Crippen LogP contribution in [0.1, 0.15) is 12.8 Å². The Morgan fingerprint density at radius 2 is 2.33 bits per heavy atom. The van der Waals surface area contributed by atoms with Crippen LogP contribution in [0.15, 0.2) is 0 Å². The van der Waals surface area contributed by atoms with Crippen molar-refractivity contribution in [3.05, 3.63) is 0 Å². The highest BCUT2D eigenvalue weighted by Gasteiger charge is 2.29. The maximum Gasteiger partial charge on any atom is 0.170 e. The molecule has 0 aromatic carbocycles. The van der Waals surface area contributed by atoms with E-state index >= 15 is 0 Å². The van der Waals surface area contributed by atoms with Crippen LogP contribution in [0, 0.1) is 0 Å². The highest BCUT2D eigenvalue weighted by atomic mass is 32.2. The molecule has 1 heterocycles. The van der Waals surface area contributed by atoms with Gasteiger partial charge in [-0.05, 0) is 0 Å². The van der Waals surface area contributed by atoms with E-state index in [0.29, 0.717) is 19.4 Å². The first-order valence-corrected chi connectivity index (χ1v) is 6.07. The second-order valence-electron chi connectivity index (χ2n) is 3.21. The average Bonchev–Trinajstić information content (AvgIpc) is 2.18. The summed E-state index contributed by atoms with van der Waals surface area (Å²) in [6.07, 6.45) is 2.19. The number of hydrogen-bond donors (Lipinski definition) is 0. The molecule has 1 aliphatic rings. The van der Waals surface area contributed by atoms with Gasteiger partial charge < -0.3 is 0 Å². The standard InChI is InChI=1S/C8H15NO5S/c1-12-13-6-7-5-8(10)3-4-9(7)14-15(2)11/h7H,3-6H2,1-2H3. The second kappa shape index (κ2) is 6.29. The van der Waals surface area contributed by atoms with Gasteiger partial charge in [0.1, 0.15) is 12.4 Å². The number of carbonyl (C=O) groups is 1. The molecule has 1 rings (SSSR count). The van der Waals surface area contributed by atoms with E-state index in [-0.39, 0.29) is 18.4 Å². The van der Waals surface area contributed by atoms with Gasteiger partial charge in [0.15, 0.2) is 11.1 Å². The van der Waals surface area contributed by atoms with E-state index in [1.165, 1.54) is 18.4 Å². The van der Waals surface area contributed by atoms with Crippen molar-refractivity contribution in [3.63, 3.8) is 0 Å². The van der Waals surface area contributed by atoms with Gasteiger partial charge >= 0.3 is 0 Å². The Kier molecular flexibility index (Phi) is 5.34. The Morgan fingerprint density at radius 1 is 1.60 bits per heavy atom. The lowest BCUT2D eigenvalue weighted by Gasteiger charge is -2.31. The number of ketones is 1. The summed E-state index contributed by atoms with van der Waals surface area (Å²) in [5, 5.41) is 1.52. The highest BCUT2D eigenvalue weighted by molar-refractivity contribution is 7.79. The van der Waals surface area contributed by atoms with Crippen LogP contribution in [0.3, 0.4) is 0 Å². The monoisotopic (exact) mass is 237 g/mol. The van der Waals surface area contributed by atoms with Crippen LogP contribution in [-0.4, -0.2) is 47.6 Å². The predicted molar refractivity (Wildman–Crippen MR) is 52.8 cm³/mol. The molecule has 2 atom stereocenters. The first-order valence-electron chi connectivity index (χ1n) is 4.59. The quantitative estimate of drug-likeness (QED) is 0.488. The third kappa shape index (κ3) is 4.35. The van der Waals surface area contributed by atoms with Crippen molar-refractivity contribution >= 4 is 16.9 Å². The SMILES string of the molecule is COOCC1CC(=O)CCN1OS(C)=O. The Hall–Kier alpha value is -0.340. The fourth-order valence-electron chi connectivity index (χ4n) is 1.41. The van der Waals surface area contributed by atoms with Gasteiger partial charge in [-0.15, -0.1) is 0 Å². The van der Waals surface area contributed by atoms with Crippen LogP contribution in [0.25, 0.3) is 0 Å². The minimum atomic E-state index is -1.38. The first-order chi connectivity index (χ1) is 7.13. The molecule has 0 saturated carbocycles. The van der Waals surface area contributed by atoms with Crippen molar-refractivity contribution < 1.29 is 23.1 Å². The molecule has 0 amide bonds. The van der Waals surface area contributed by atoms with Gasteiger partial charge in [-0.3, -0.25) is 4.79 Å². The van der Waals surface area contributed by atoms with Gasteiger partial charge in [0.25, 0.3) is 0 Å². The lowest BCUT2D eigenvalue weighted by molar-refractivity contribution is -0.290. The normalized spacial score (nSPS) is 25.5. The summed E-state index contributed by atoms with van der Waals surface area (Å²) in [5.41, 5.74) is 0. The smallest absolute Gasteiger partial charge is 0.170 e. The fraction of sp³-hybridized carbons (Fsp3) is 0.875. The largest absolute Gasteiger partial charge is 0.300 e. The second-order valence-corrected chi connectivity index (χ2v) is 4.17. The molecule has 1 aliphatic heterocycles. The van der Waals surface area contributed by atoms with Crippen molar-refractivity contribution in [1.82, 2.24) is 5.06 Å². The number of piperidine rings is 1. The molecule has 6 nitrogen and oxygen atoms in total. The first kappa shape index (κ1) is 12.7. The van der Waals surface area contributed by atoms with Gasteiger partial charge in [-0.1, -0.05) is 0 Å². The number of Topliss-reactive ketones (excluding diaryl/α,β-unsaturated/α-hetero) is 1. The summed E-state index contributed by atoms with van der Waals surface area (Å²) in [4.78, 5) is 20.4. The van der Waals surface area contributed by atoms with Gasteiger partial charge in [-0.2, -0.15) is 9.35 Å². The van der Waals surface area contributed by atoms with Crippen LogP contribution >= 0.6 is 0 Å². The Morgan fingerprint density at radius 3 is 2.93 bits per heavy atom. The van der Waals surface area contributed by atoms with Crippen LogP contribution in [-0.2, 0) is 29.9 Å². The minimum Gasteiger partial charge on any atom is -0.300 e. The van der Waals surface area contributed by atoms with Crippen LogP contribution in [0.4, 0.5) is 0 Å². The lowest BCUT2D eigenvalue weighted by atomic mass is 10.0. The molecule has 0 aromatic heterocycles. The summed E-state index contributed by atoms with van der Waals surface area (Å²) < 4.78 is 16.0. The molecule has 0 N–H and O–H groups in total. The summed E-state index contributed by atoms with van der Waals surface area (Å²) in [6.45, 7) is 0.662. The Balaban J connectivity index is 2.49. The average molecular weight is 237 g/mol. The molecular formula is C8H15NO5S. The van der Waals surface area contributed by atoms with Gasteiger partial charge in [0.05, 0.1) is 13.2 Å². The highest BCUT2D eigenvalue weighted by Crippen LogP contribution is 2.15. The Labute approximate surface area is 91.0 Å². The van der Waals surface area contributed by atoms with Crippen LogP contribution in [0.5, 0.6) is 0 Å². The third-order valence-electron chi connectivity index (χ3n) is 2.06. The molecule has 1 fully saturated rings. The number of hydrogen-bond acceptors (Lipinski definition) is 6. The summed E-state index contributed by atoms with van der Waals surface area (Å²) >= 11 is -1.38. The van der Waals surface area contributed by atoms with Gasteiger partial charge in [-0.25, -0.2) is 14.0 Å². The molecular weight excluding hydrogens is 222 g/mol. The number of rotatable bonds is 5. The Bertz CT molecular complexity index is 247. The zero-order valence-electron chi connectivity index (χ0n) is 8.80. The predicted octanol–water partition coefficient (Wildman–Crippen LogP) is -0.177. The zero-order valence-corrected chi connectivity index (χ0v) is 9.62. The number of hydroxylamine groups is 2. The lowest BCUT2D eigenvalue weighted by Crippen LogP contribution is -2.45. The van der Waals surface area contributed by atoms with E-state index in [9.17, 15) is 9.00 Å². The van der Waals surface area contributed by atoms with E-state index in [1.54, 1.807) is 0 Å². The summed E-state index contributed by atoms with van der Waals surface area (Å²) in [5.74, 6) is 0.154. The molecule has 0 bridgehead atoms. The van der Waals surface area contributed by atoms with E-state index < -0.39 is 11.1 Å². The van der Waals surface area contributed by atoms with E-state index in [4.69, 9.17) is 9.17 Å². The van der Waals surface area contributed by atoms with E-state index in [0.717, 1.165) is 0 Å². The molecule has 7 heteroatoms. The molecule has 0 aliphatic carbocycles. The zero-order chi connectivity index (χ0) is 11.3. The van der Waals surface area contributed by atoms with E-state index in [2.05, 4.69) is 4.89 Å². The molecule has 1 saturated heterocycles. The molecule has 88 valence electrons. The van der Waals surface area contributed by atoms with Crippen molar-refractivity contribution in [2.45, 2.75) is 18.9 Å². The fourth-order valence-corrected chi connectivity index (χ4v) is 1.87. The maximum atomic E-state index is 11.2. The maximum absolute atomic E-state index is 11.2. The third-order valence-corrected chi connectivity index (χ3v) is 2.46. The van der Waals surface area contributed by atoms with E-state index in [1.807, 2.05) is 0 Å². The molecule has 0 spiro atoms. The van der Waals surface area contributed by atoms with Crippen LogP contribution in [0.2, 0.25) is 0 Å². The summed E-state index contributed by atoms with van der Waals surface area (Å²) in [7, 11) is 1.40. The number of carbonyl (C=O) groups excluding carboxylic acids is 1. The van der Waals surface area contributed by atoms with Gasteiger partial charge in [0.2, 0.25) is 0 Å². The molecule has 0 radical (unpaired) electrons. The summed E-state index contributed by atoms with van der Waals surface area (Å²) in [6, 6.07) is -0.227. The van der Waals surface area contributed by atoms with Crippen molar-refractivity contribution in [2.75, 3.05) is 26.5 Å². The molecule has 2 unspecified atom stereocenters. The molecule has 15 heavy (non-hydrogen) atoms. The van der Waals surface area contributed by atoms with Gasteiger partial charge in [0, 0.05) is 25.6 Å². The topological polar surface area (TPSA) is 65.1 Å². The van der Waals surface area contributed by atoms with Crippen molar-refractivity contribution in [1.29, 1.82) is 0 Å².